The van der Waals surface area contributed by atoms with E-state index in [9.17, 15) is 43.2 Å². The third-order valence-corrected chi connectivity index (χ3v) is 19.2. The molecule has 0 spiro atoms. The first-order valence-corrected chi connectivity index (χ1v) is 42.3. The Labute approximate surface area is 586 Å². The molecule has 0 aromatic rings. The van der Waals surface area contributed by atoms with E-state index < -0.39 is 97.5 Å². The molecule has 0 amide bonds. The number of phosphoric acid groups is 2. The summed E-state index contributed by atoms with van der Waals surface area (Å²) in [6.45, 7) is 9.51. The van der Waals surface area contributed by atoms with Gasteiger partial charge in [-0.15, -0.1) is 0 Å². The summed E-state index contributed by atoms with van der Waals surface area (Å²) in [7, 11) is -9.92. The number of hydrogen-bond donors (Lipinski definition) is 3. The van der Waals surface area contributed by atoms with Gasteiger partial charge in [-0.3, -0.25) is 37.3 Å². The molecule has 0 saturated heterocycles. The summed E-state index contributed by atoms with van der Waals surface area (Å²) in [4.78, 5) is 72.8. The molecule has 3 N–H and O–H groups in total. The Balaban J connectivity index is 5.27. The molecule has 5 atom stereocenters. The quantitative estimate of drug-likeness (QED) is 0.0169. The molecule has 0 saturated carbocycles. The number of ether oxygens (including phenoxy) is 4. The van der Waals surface area contributed by atoms with Gasteiger partial charge < -0.3 is 33.8 Å². The fourth-order valence-corrected chi connectivity index (χ4v) is 12.9. The molecule has 0 fully saturated rings. The monoisotopic (exact) mass is 1410 g/mol. The van der Waals surface area contributed by atoms with Crippen LogP contribution in [0.25, 0.3) is 0 Å². The Morgan fingerprint density at radius 2 is 0.562 bits per heavy atom. The molecule has 0 radical (unpaired) electrons. The second kappa shape index (κ2) is 68.3. The first kappa shape index (κ1) is 93.5. The normalized spacial score (nSPS) is 14.2. The molecule has 19 heteroatoms. The third-order valence-electron chi connectivity index (χ3n) is 17.3. The lowest BCUT2D eigenvalue weighted by Crippen LogP contribution is -2.30. The van der Waals surface area contributed by atoms with Crippen molar-refractivity contribution in [2.75, 3.05) is 39.6 Å². The van der Waals surface area contributed by atoms with E-state index in [4.69, 9.17) is 37.0 Å². The minimum atomic E-state index is -4.97. The second-order valence-electron chi connectivity index (χ2n) is 28.0. The Hall–Kier alpha value is -2.46. The molecule has 0 aromatic carbocycles. The lowest BCUT2D eigenvalue weighted by Gasteiger charge is -2.21. The van der Waals surface area contributed by atoms with Crippen molar-refractivity contribution in [1.29, 1.82) is 0 Å². The van der Waals surface area contributed by atoms with E-state index >= 15 is 0 Å². The minimum absolute atomic E-state index is 0.101. The molecule has 17 nitrogen and oxygen atoms in total. The van der Waals surface area contributed by atoms with Crippen molar-refractivity contribution in [2.45, 2.75) is 394 Å². The van der Waals surface area contributed by atoms with E-state index in [0.29, 0.717) is 31.6 Å². The first-order valence-electron chi connectivity index (χ1n) is 39.3. The number of aliphatic hydroxyl groups excluding tert-OH is 1. The number of aliphatic hydroxyl groups is 1. The molecule has 0 heterocycles. The molecule has 0 bridgehead atoms. The highest BCUT2D eigenvalue weighted by Crippen LogP contribution is 2.45. The summed E-state index contributed by atoms with van der Waals surface area (Å²) < 4.78 is 68.5. The minimum Gasteiger partial charge on any atom is -0.462 e. The Morgan fingerprint density at radius 1 is 0.323 bits per heavy atom. The van der Waals surface area contributed by atoms with Gasteiger partial charge in [0.25, 0.3) is 0 Å². The molecular weight excluding hydrogens is 1260 g/mol. The summed E-state index contributed by atoms with van der Waals surface area (Å²) in [5, 5.41) is 10.6. The van der Waals surface area contributed by atoms with E-state index in [0.717, 1.165) is 121 Å². The highest BCUT2D eigenvalue weighted by Gasteiger charge is 2.30. The number of esters is 4. The van der Waals surface area contributed by atoms with Gasteiger partial charge in [0.1, 0.15) is 19.3 Å². The fourth-order valence-electron chi connectivity index (χ4n) is 11.3. The van der Waals surface area contributed by atoms with Gasteiger partial charge in [0.05, 0.1) is 26.4 Å². The van der Waals surface area contributed by atoms with Gasteiger partial charge in [0.2, 0.25) is 0 Å². The van der Waals surface area contributed by atoms with Crippen LogP contribution >= 0.6 is 15.6 Å². The number of allylic oxidation sites excluding steroid dienone is 4. The van der Waals surface area contributed by atoms with Crippen LogP contribution in [0.3, 0.4) is 0 Å². The van der Waals surface area contributed by atoms with Crippen molar-refractivity contribution in [1.82, 2.24) is 0 Å². The van der Waals surface area contributed by atoms with Gasteiger partial charge in [0, 0.05) is 25.7 Å². The lowest BCUT2D eigenvalue weighted by atomic mass is 10.0. The van der Waals surface area contributed by atoms with E-state index in [-0.39, 0.29) is 25.7 Å². The van der Waals surface area contributed by atoms with Gasteiger partial charge in [0.15, 0.2) is 12.2 Å². The van der Waals surface area contributed by atoms with Crippen molar-refractivity contribution in [2.24, 2.45) is 11.8 Å². The molecule has 0 rings (SSSR count). The van der Waals surface area contributed by atoms with Crippen LogP contribution in [0.1, 0.15) is 375 Å². The average Bonchev–Trinajstić information content (AvgIpc) is 1.58. The van der Waals surface area contributed by atoms with E-state index in [1.54, 1.807) is 0 Å². The smallest absolute Gasteiger partial charge is 0.462 e. The molecule has 0 aliphatic heterocycles. The maximum atomic E-state index is 13.1. The largest absolute Gasteiger partial charge is 0.472 e. The summed E-state index contributed by atoms with van der Waals surface area (Å²) in [6, 6.07) is 0. The highest BCUT2D eigenvalue weighted by molar-refractivity contribution is 7.47. The van der Waals surface area contributed by atoms with E-state index in [1.165, 1.54) is 167 Å². The second-order valence-corrected chi connectivity index (χ2v) is 30.9. The Bertz CT molecular complexity index is 1950. The Morgan fingerprint density at radius 3 is 0.854 bits per heavy atom. The van der Waals surface area contributed by atoms with Crippen molar-refractivity contribution in [3.63, 3.8) is 0 Å². The predicted octanol–water partition coefficient (Wildman–Crippen LogP) is 22.3. The van der Waals surface area contributed by atoms with E-state index in [1.807, 2.05) is 0 Å². The molecule has 0 aromatic heterocycles. The van der Waals surface area contributed by atoms with Crippen molar-refractivity contribution < 1.29 is 80.2 Å². The molecule has 0 aliphatic carbocycles. The van der Waals surface area contributed by atoms with Crippen molar-refractivity contribution in [3.8, 4) is 0 Å². The molecule has 2 unspecified atom stereocenters. The summed E-state index contributed by atoms with van der Waals surface area (Å²) in [5.41, 5.74) is 0. The number of phosphoric ester groups is 2. The molecule has 96 heavy (non-hydrogen) atoms. The molecule has 566 valence electrons. The number of carbonyl (C=O) groups is 4. The van der Waals surface area contributed by atoms with E-state index in [2.05, 4.69) is 65.8 Å². The zero-order chi connectivity index (χ0) is 70.7. The number of hydrogen-bond acceptors (Lipinski definition) is 15. The molecular formula is C77H146O17P2. The van der Waals surface area contributed by atoms with Gasteiger partial charge in [-0.05, 0) is 63.2 Å². The first-order chi connectivity index (χ1) is 46.4. The van der Waals surface area contributed by atoms with Crippen LogP contribution in [0.4, 0.5) is 0 Å². The number of rotatable bonds is 74. The van der Waals surface area contributed by atoms with Gasteiger partial charge in [-0.25, -0.2) is 9.13 Å². The SMILES string of the molecule is CCCCCC/C=C\C=C/CCCCCCCC(=O)OC[C@H](COP(=O)(O)OC[C@@H](O)COP(=O)(O)OC[C@@H](COC(=O)CCCCCCCCCC(C)C)OC(=O)CCCCCCCCCCCCCC)OC(=O)CCCCCCCCCCCCCCCCCCC(C)C. The third kappa shape index (κ3) is 70.0. The van der Waals surface area contributed by atoms with Crippen LogP contribution in [0, 0.1) is 11.8 Å². The van der Waals surface area contributed by atoms with Crippen LogP contribution in [-0.4, -0.2) is 96.7 Å². The van der Waals surface area contributed by atoms with Crippen LogP contribution in [0.5, 0.6) is 0 Å². The number of unbranched alkanes of at least 4 members (excludes halogenated alkanes) is 41. The number of carbonyl (C=O) groups excluding carboxylic acids is 4. The van der Waals surface area contributed by atoms with Gasteiger partial charge >= 0.3 is 39.5 Å². The fraction of sp³-hybridized carbons (Fsp3) is 0.896. The zero-order valence-corrected chi connectivity index (χ0v) is 63.9. The topological polar surface area (TPSA) is 237 Å². The van der Waals surface area contributed by atoms with Crippen LogP contribution < -0.4 is 0 Å². The lowest BCUT2D eigenvalue weighted by molar-refractivity contribution is -0.161. The van der Waals surface area contributed by atoms with Crippen LogP contribution in [0.2, 0.25) is 0 Å². The van der Waals surface area contributed by atoms with Crippen molar-refractivity contribution in [3.05, 3.63) is 24.3 Å². The maximum Gasteiger partial charge on any atom is 0.472 e. The summed E-state index contributed by atoms with van der Waals surface area (Å²) >= 11 is 0. The Kier molecular flexibility index (Phi) is 66.6. The highest BCUT2D eigenvalue weighted by atomic mass is 31.2. The maximum absolute atomic E-state index is 13.1. The average molecular weight is 1410 g/mol. The summed E-state index contributed by atoms with van der Waals surface area (Å²) in [6.07, 6.45) is 59.1. The van der Waals surface area contributed by atoms with Gasteiger partial charge in [-0.2, -0.15) is 0 Å². The van der Waals surface area contributed by atoms with Crippen molar-refractivity contribution >= 4 is 39.5 Å². The predicted molar refractivity (Wildman–Crippen MR) is 391 cm³/mol. The summed E-state index contributed by atoms with van der Waals surface area (Å²) in [5.74, 6) is -0.634. The van der Waals surface area contributed by atoms with Gasteiger partial charge in [-0.1, -0.05) is 323 Å². The van der Waals surface area contributed by atoms with Crippen LogP contribution in [0.15, 0.2) is 24.3 Å². The zero-order valence-electron chi connectivity index (χ0n) is 62.2. The standard InChI is InChI=1S/C77H146O17P2/c1-7-9-11-13-15-17-19-21-24-28-32-35-41-47-53-59-74(79)87-65-72(93-77(82)62-56-50-43-37-33-29-26-23-22-25-27-30-34-39-45-51-57-69(3)4)67-91-95(83,84)89-63-71(78)64-90-96(85,86)92-68-73(66-88-75(80)60-54-48-44-38-40-46-52-58-70(5)6)94-76(81)61-55-49-42-36-31-20-18-16-14-12-10-8-2/h17,19,21,24,69-73,78H,7-16,18,20,22-23,25-68H2,1-6H3,(H,83,84)(H,85,86)/b19-17-,24-21-/t71-,72-,73-/m1/s1. The molecule has 0 aliphatic rings. The van der Waals surface area contributed by atoms with Crippen LogP contribution in [-0.2, 0) is 65.4 Å².